The lowest BCUT2D eigenvalue weighted by atomic mass is 9.75. The Kier molecular flexibility index (Phi) is 7.65. The molecule has 0 radical (unpaired) electrons. The largest absolute Gasteiger partial charge is 0.478 e. The summed E-state index contributed by atoms with van der Waals surface area (Å²) in [7, 11) is 1.21. The molecule has 0 saturated carbocycles. The minimum atomic E-state index is -1.23. The molecule has 11 nitrogen and oxygen atoms in total. The maximum atomic E-state index is 12.5. The molecule has 11 heteroatoms. The number of carboxylic acid groups (broad SMARTS) is 1. The van der Waals surface area contributed by atoms with Gasteiger partial charge < -0.3 is 9.84 Å². The van der Waals surface area contributed by atoms with Gasteiger partial charge in [-0.3, -0.25) is 19.9 Å². The highest BCUT2D eigenvalue weighted by molar-refractivity contribution is 6.06. The molecule has 2 atom stereocenters. The quantitative estimate of drug-likeness (QED) is 0.122. The molecule has 0 aromatic heterocycles. The lowest BCUT2D eigenvalue weighted by Gasteiger charge is -2.31. The van der Waals surface area contributed by atoms with Gasteiger partial charge in [-0.1, -0.05) is 17.2 Å². The molecule has 0 bridgehead atoms. The first-order chi connectivity index (χ1) is 14.3. The van der Waals surface area contributed by atoms with Gasteiger partial charge in [-0.2, -0.15) is 0 Å². The fraction of sp³-hybridized carbons (Fsp3) is 0.421. The number of hydrogen-bond acceptors (Lipinski definition) is 7. The second-order valence-electron chi connectivity index (χ2n) is 6.66. The van der Waals surface area contributed by atoms with Crippen LogP contribution in [-0.4, -0.2) is 41.3 Å². The van der Waals surface area contributed by atoms with Crippen LogP contribution >= 0.6 is 0 Å². The van der Waals surface area contributed by atoms with Crippen molar-refractivity contribution in [1.82, 2.24) is 0 Å². The van der Waals surface area contributed by atoms with Crippen molar-refractivity contribution in [3.05, 3.63) is 61.7 Å². The van der Waals surface area contributed by atoms with Crippen molar-refractivity contribution >= 4 is 23.3 Å². The van der Waals surface area contributed by atoms with Gasteiger partial charge in [0.25, 0.3) is 5.69 Å². The number of esters is 1. The van der Waals surface area contributed by atoms with Crippen LogP contribution in [0.5, 0.6) is 0 Å². The van der Waals surface area contributed by atoms with Crippen LogP contribution in [0.15, 0.2) is 45.6 Å². The molecular formula is C19H21N5O6. The molecule has 1 aliphatic rings. The zero-order valence-corrected chi connectivity index (χ0v) is 16.5. The van der Waals surface area contributed by atoms with Crippen LogP contribution in [0.2, 0.25) is 0 Å². The molecule has 0 fully saturated rings. The van der Waals surface area contributed by atoms with E-state index >= 15 is 0 Å². The third-order valence-electron chi connectivity index (χ3n) is 4.85. The number of ether oxygens (including phenoxy) is 1. The number of benzene rings is 1. The van der Waals surface area contributed by atoms with Gasteiger partial charge >= 0.3 is 11.9 Å². The summed E-state index contributed by atoms with van der Waals surface area (Å²) in [5.74, 6) is -3.73. The van der Waals surface area contributed by atoms with E-state index in [1.54, 1.807) is 6.92 Å². The first kappa shape index (κ1) is 22.6. The van der Waals surface area contributed by atoms with Crippen molar-refractivity contribution in [2.24, 2.45) is 16.0 Å². The maximum Gasteiger partial charge on any atom is 0.334 e. The number of nitrogens with zero attached hydrogens (tertiary/aromatic N) is 5. The molecule has 0 aliphatic carbocycles. The number of azide groups is 1. The predicted octanol–water partition coefficient (Wildman–Crippen LogP) is 3.76. The minimum Gasteiger partial charge on any atom is -0.478 e. The molecule has 1 heterocycles. The van der Waals surface area contributed by atoms with Crippen molar-refractivity contribution in [3.63, 3.8) is 0 Å². The topological polar surface area (TPSA) is 168 Å². The third-order valence-corrected chi connectivity index (χ3v) is 4.85. The summed E-state index contributed by atoms with van der Waals surface area (Å²) in [5, 5.41) is 24.3. The molecule has 1 aromatic carbocycles. The van der Waals surface area contributed by atoms with E-state index in [2.05, 4.69) is 15.0 Å². The standard InChI is InChI=1S/C19H21N5O6/c1-11-15(19(27)30-2)16(12-6-8-13(9-7-12)24(28)29)17(18(25)26)14(22-11)5-3-4-10-21-23-20/h6-9,15-16H,3-5,10H2,1-2H3,(H,25,26). The van der Waals surface area contributed by atoms with E-state index in [9.17, 15) is 24.8 Å². The second kappa shape index (κ2) is 10.2. The zero-order valence-electron chi connectivity index (χ0n) is 16.5. The fourth-order valence-electron chi connectivity index (χ4n) is 3.49. The monoisotopic (exact) mass is 415 g/mol. The number of rotatable bonds is 9. The third kappa shape index (κ3) is 5.00. The Labute approximate surface area is 171 Å². The number of allylic oxidation sites excluding steroid dienone is 1. The Morgan fingerprint density at radius 2 is 2.00 bits per heavy atom. The molecule has 0 amide bonds. The number of methoxy groups -OCH3 is 1. The molecule has 1 aliphatic heterocycles. The van der Waals surface area contributed by atoms with Crippen molar-refractivity contribution < 1.29 is 24.4 Å². The molecule has 0 saturated heterocycles. The van der Waals surface area contributed by atoms with Crippen LogP contribution in [-0.2, 0) is 14.3 Å². The van der Waals surface area contributed by atoms with Gasteiger partial charge in [-0.15, -0.1) is 0 Å². The number of hydrogen-bond donors (Lipinski definition) is 1. The molecular weight excluding hydrogens is 394 g/mol. The Hall–Kier alpha value is -3.72. The van der Waals surface area contributed by atoms with Gasteiger partial charge in [0.15, 0.2) is 0 Å². The summed E-state index contributed by atoms with van der Waals surface area (Å²) in [5.41, 5.74) is 9.32. The minimum absolute atomic E-state index is 0.0476. The van der Waals surface area contributed by atoms with Gasteiger partial charge in [0.1, 0.15) is 5.92 Å². The highest BCUT2D eigenvalue weighted by atomic mass is 16.6. The SMILES string of the molecule is COC(=O)C1C(C)=NC(CCCCN=[N+]=[N-])=C(C(=O)O)C1c1ccc([N+](=O)[O-])cc1. The smallest absolute Gasteiger partial charge is 0.334 e. The highest BCUT2D eigenvalue weighted by Gasteiger charge is 2.42. The van der Waals surface area contributed by atoms with E-state index in [0.29, 0.717) is 36.2 Å². The van der Waals surface area contributed by atoms with E-state index < -0.39 is 28.7 Å². The summed E-state index contributed by atoms with van der Waals surface area (Å²) >= 11 is 0. The fourth-order valence-corrected chi connectivity index (χ4v) is 3.49. The summed E-state index contributed by atoms with van der Waals surface area (Å²) in [6, 6.07) is 5.42. The normalized spacial score (nSPS) is 18.3. The van der Waals surface area contributed by atoms with Crippen LogP contribution in [0.1, 0.15) is 37.7 Å². The van der Waals surface area contributed by atoms with E-state index in [1.165, 1.54) is 31.4 Å². The first-order valence-corrected chi connectivity index (χ1v) is 9.16. The van der Waals surface area contributed by atoms with E-state index in [-0.39, 0.29) is 17.8 Å². The van der Waals surface area contributed by atoms with E-state index in [0.717, 1.165) is 0 Å². The molecule has 30 heavy (non-hydrogen) atoms. The Morgan fingerprint density at radius 3 is 2.53 bits per heavy atom. The van der Waals surface area contributed by atoms with Crippen molar-refractivity contribution in [2.45, 2.75) is 32.1 Å². The Morgan fingerprint density at radius 1 is 1.33 bits per heavy atom. The summed E-state index contributed by atoms with van der Waals surface area (Å²) < 4.78 is 4.87. The molecule has 158 valence electrons. The van der Waals surface area contributed by atoms with E-state index in [4.69, 9.17) is 10.3 Å². The summed E-state index contributed by atoms with van der Waals surface area (Å²) in [4.78, 5) is 42.1. The molecule has 0 spiro atoms. The Bertz CT molecular complexity index is 947. The molecule has 2 rings (SSSR count). The lowest BCUT2D eigenvalue weighted by Crippen LogP contribution is -2.36. The van der Waals surface area contributed by atoms with Crippen LogP contribution in [0.3, 0.4) is 0 Å². The van der Waals surface area contributed by atoms with Crippen molar-refractivity contribution in [2.75, 3.05) is 13.7 Å². The van der Waals surface area contributed by atoms with Crippen molar-refractivity contribution in [1.29, 1.82) is 0 Å². The number of aliphatic imine (C=N–C) groups is 1. The van der Waals surface area contributed by atoms with Crippen LogP contribution < -0.4 is 0 Å². The first-order valence-electron chi connectivity index (χ1n) is 9.16. The zero-order chi connectivity index (χ0) is 22.3. The van der Waals surface area contributed by atoms with Gasteiger partial charge in [0, 0.05) is 35.2 Å². The lowest BCUT2D eigenvalue weighted by molar-refractivity contribution is -0.384. The van der Waals surface area contributed by atoms with Crippen molar-refractivity contribution in [3.8, 4) is 0 Å². The molecule has 1 N–H and O–H groups in total. The summed E-state index contributed by atoms with van der Waals surface area (Å²) in [6.07, 6.45) is 1.41. The predicted molar refractivity (Wildman–Crippen MR) is 107 cm³/mol. The van der Waals surface area contributed by atoms with Crippen LogP contribution in [0.25, 0.3) is 10.4 Å². The number of nitro groups is 1. The maximum absolute atomic E-state index is 12.5. The number of carboxylic acids is 1. The number of unbranched alkanes of at least 4 members (excludes halogenated alkanes) is 1. The number of non-ortho nitro benzene ring substituents is 1. The number of aliphatic carboxylic acids is 1. The second-order valence-corrected chi connectivity index (χ2v) is 6.66. The average Bonchev–Trinajstić information content (AvgIpc) is 2.72. The molecule has 1 aromatic rings. The van der Waals surface area contributed by atoms with Gasteiger partial charge in [0.2, 0.25) is 0 Å². The average molecular weight is 415 g/mol. The van der Waals surface area contributed by atoms with E-state index in [1.807, 2.05) is 0 Å². The van der Waals surface area contributed by atoms with Gasteiger partial charge in [0.05, 0.1) is 23.3 Å². The number of carbonyl (C=O) groups excluding carboxylic acids is 1. The molecule has 2 unspecified atom stereocenters. The highest BCUT2D eigenvalue weighted by Crippen LogP contribution is 2.41. The van der Waals surface area contributed by atoms with Gasteiger partial charge in [-0.25, -0.2) is 4.79 Å². The summed E-state index contributed by atoms with van der Waals surface area (Å²) in [6.45, 7) is 1.91. The van der Waals surface area contributed by atoms with Gasteiger partial charge in [-0.05, 0) is 37.3 Å². The Balaban J connectivity index is 2.52. The number of nitro benzene ring substituents is 1. The van der Waals surface area contributed by atoms with Crippen LogP contribution in [0.4, 0.5) is 5.69 Å². The number of carbonyl (C=O) groups is 2. The van der Waals surface area contributed by atoms with Crippen LogP contribution in [0, 0.1) is 16.0 Å².